The maximum absolute atomic E-state index is 13.7. The minimum atomic E-state index is -0.400. The van der Waals surface area contributed by atoms with E-state index in [0.717, 1.165) is 16.5 Å². The summed E-state index contributed by atoms with van der Waals surface area (Å²) >= 11 is 3.30. The highest BCUT2D eigenvalue weighted by Gasteiger charge is 2.12. The van der Waals surface area contributed by atoms with Crippen molar-refractivity contribution in [1.82, 2.24) is 0 Å². The van der Waals surface area contributed by atoms with Crippen molar-refractivity contribution < 1.29 is 9.13 Å². The number of rotatable bonds is 4. The zero-order valence-corrected chi connectivity index (χ0v) is 12.2. The fourth-order valence-corrected chi connectivity index (χ4v) is 2.11. The molecule has 0 aliphatic heterocycles. The molecule has 2 nitrogen and oxygen atoms in total. The topological polar surface area (TPSA) is 35.2 Å². The molecule has 4 heteroatoms. The van der Waals surface area contributed by atoms with Crippen molar-refractivity contribution in [2.45, 2.75) is 19.4 Å². The van der Waals surface area contributed by atoms with E-state index in [9.17, 15) is 4.39 Å². The summed E-state index contributed by atoms with van der Waals surface area (Å²) < 4.78 is 20.1. The fourth-order valence-electron chi connectivity index (χ4n) is 1.77. The molecule has 0 unspecified atom stereocenters. The minimum absolute atomic E-state index is 0.119. The van der Waals surface area contributed by atoms with Gasteiger partial charge in [-0.05, 0) is 30.7 Å². The summed E-state index contributed by atoms with van der Waals surface area (Å²) in [5, 5.41) is 0. The molecular weight excluding hydrogens is 309 g/mol. The van der Waals surface area contributed by atoms with Gasteiger partial charge >= 0.3 is 0 Å². The number of nitrogens with two attached hydrogens (primary N) is 1. The molecule has 0 saturated heterocycles. The number of hydrogen-bond acceptors (Lipinski definition) is 2. The molecule has 2 rings (SSSR count). The molecule has 19 heavy (non-hydrogen) atoms. The zero-order chi connectivity index (χ0) is 13.8. The Morgan fingerprint density at radius 2 is 1.95 bits per heavy atom. The van der Waals surface area contributed by atoms with Crippen LogP contribution in [0.5, 0.6) is 11.5 Å². The van der Waals surface area contributed by atoms with Crippen molar-refractivity contribution in [3.63, 3.8) is 0 Å². The third-order valence-corrected chi connectivity index (χ3v) is 3.36. The van der Waals surface area contributed by atoms with Crippen LogP contribution in [-0.4, -0.2) is 0 Å². The highest BCUT2D eigenvalue weighted by atomic mass is 79.9. The molecule has 0 amide bonds. The van der Waals surface area contributed by atoms with E-state index in [4.69, 9.17) is 10.5 Å². The molecule has 0 saturated carbocycles. The van der Waals surface area contributed by atoms with Gasteiger partial charge in [0.25, 0.3) is 0 Å². The lowest BCUT2D eigenvalue weighted by Crippen LogP contribution is -2.09. The van der Waals surface area contributed by atoms with E-state index in [-0.39, 0.29) is 11.8 Å². The monoisotopic (exact) mass is 323 g/mol. The highest BCUT2D eigenvalue weighted by molar-refractivity contribution is 9.10. The van der Waals surface area contributed by atoms with Gasteiger partial charge in [0.1, 0.15) is 5.75 Å². The lowest BCUT2D eigenvalue weighted by Gasteiger charge is -2.15. The van der Waals surface area contributed by atoms with Crippen LogP contribution in [0.1, 0.15) is 24.9 Å². The van der Waals surface area contributed by atoms with Gasteiger partial charge in [0, 0.05) is 16.1 Å². The molecule has 2 aromatic rings. The molecule has 1 atom stereocenters. The summed E-state index contributed by atoms with van der Waals surface area (Å²) in [6.45, 7) is 2.00. The molecule has 0 radical (unpaired) electrons. The first-order valence-corrected chi connectivity index (χ1v) is 6.88. The van der Waals surface area contributed by atoms with Gasteiger partial charge in [-0.1, -0.05) is 41.1 Å². The van der Waals surface area contributed by atoms with E-state index in [2.05, 4.69) is 15.9 Å². The normalized spacial score (nSPS) is 12.2. The number of halogens is 2. The van der Waals surface area contributed by atoms with Crippen LogP contribution < -0.4 is 10.5 Å². The van der Waals surface area contributed by atoms with Crippen LogP contribution in [0.2, 0.25) is 0 Å². The van der Waals surface area contributed by atoms with Crippen molar-refractivity contribution in [1.29, 1.82) is 0 Å². The van der Waals surface area contributed by atoms with E-state index < -0.39 is 5.82 Å². The molecule has 0 aliphatic carbocycles. The molecule has 0 spiro atoms. The second-order valence-corrected chi connectivity index (χ2v) is 5.15. The number of hydrogen-bond donors (Lipinski definition) is 1. The number of benzene rings is 2. The van der Waals surface area contributed by atoms with Gasteiger partial charge in [0.2, 0.25) is 0 Å². The molecular formula is C15H15BrFNO. The second kappa shape index (κ2) is 6.17. The summed E-state index contributed by atoms with van der Waals surface area (Å²) in [7, 11) is 0. The fraction of sp³-hybridized carbons (Fsp3) is 0.200. The Morgan fingerprint density at radius 3 is 2.68 bits per heavy atom. The Balaban J connectivity index is 2.35. The Kier molecular flexibility index (Phi) is 4.56. The Bertz CT molecular complexity index is 574. The van der Waals surface area contributed by atoms with Crippen molar-refractivity contribution in [2.24, 2.45) is 5.73 Å². The first kappa shape index (κ1) is 14.0. The van der Waals surface area contributed by atoms with Gasteiger partial charge in [-0.3, -0.25) is 0 Å². The predicted molar refractivity (Wildman–Crippen MR) is 77.8 cm³/mol. The van der Waals surface area contributed by atoms with Crippen LogP contribution in [0.15, 0.2) is 46.9 Å². The van der Waals surface area contributed by atoms with Crippen LogP contribution in [0.3, 0.4) is 0 Å². The lowest BCUT2D eigenvalue weighted by atomic mass is 10.0. The van der Waals surface area contributed by atoms with Gasteiger partial charge in [0.05, 0.1) is 0 Å². The third kappa shape index (κ3) is 3.33. The standard InChI is InChI=1S/C15H15BrFNO/c1-2-13(18)11-5-3-4-6-14(11)19-15-9-10(16)7-8-12(15)17/h3-9,13H,2,18H2,1H3/t13-/m0/s1. The van der Waals surface area contributed by atoms with Gasteiger partial charge in [-0.15, -0.1) is 0 Å². The first-order valence-electron chi connectivity index (χ1n) is 6.09. The van der Waals surface area contributed by atoms with Crippen LogP contribution in [-0.2, 0) is 0 Å². The molecule has 0 aromatic heterocycles. The van der Waals surface area contributed by atoms with Gasteiger partial charge in [-0.2, -0.15) is 0 Å². The van der Waals surface area contributed by atoms with Crippen LogP contribution in [0.25, 0.3) is 0 Å². The smallest absolute Gasteiger partial charge is 0.165 e. The summed E-state index contributed by atoms with van der Waals surface area (Å²) in [6.07, 6.45) is 0.793. The van der Waals surface area contributed by atoms with Gasteiger partial charge in [-0.25, -0.2) is 4.39 Å². The summed E-state index contributed by atoms with van der Waals surface area (Å²) in [4.78, 5) is 0. The molecule has 100 valence electrons. The number of ether oxygens (including phenoxy) is 1. The van der Waals surface area contributed by atoms with Crippen LogP contribution >= 0.6 is 15.9 Å². The average Bonchev–Trinajstić information content (AvgIpc) is 2.42. The summed E-state index contributed by atoms with van der Waals surface area (Å²) in [6, 6.07) is 11.9. The van der Waals surface area contributed by atoms with Gasteiger partial charge < -0.3 is 10.5 Å². The zero-order valence-electron chi connectivity index (χ0n) is 10.6. The van der Waals surface area contributed by atoms with Crippen molar-refractivity contribution in [2.75, 3.05) is 0 Å². The predicted octanol–water partition coefficient (Wildman–Crippen LogP) is 4.79. The Morgan fingerprint density at radius 1 is 1.21 bits per heavy atom. The Labute approximate surface area is 120 Å². The van der Waals surface area contributed by atoms with Gasteiger partial charge in [0.15, 0.2) is 11.6 Å². The van der Waals surface area contributed by atoms with Crippen molar-refractivity contribution in [3.05, 3.63) is 58.3 Å². The minimum Gasteiger partial charge on any atom is -0.454 e. The number of para-hydroxylation sites is 1. The molecule has 2 N–H and O–H groups in total. The maximum atomic E-state index is 13.7. The lowest BCUT2D eigenvalue weighted by molar-refractivity contribution is 0.432. The SMILES string of the molecule is CC[C@H](N)c1ccccc1Oc1cc(Br)ccc1F. The van der Waals surface area contributed by atoms with Crippen molar-refractivity contribution in [3.8, 4) is 11.5 Å². The molecule has 0 fully saturated rings. The highest BCUT2D eigenvalue weighted by Crippen LogP contribution is 2.32. The molecule has 0 heterocycles. The third-order valence-electron chi connectivity index (χ3n) is 2.87. The molecule has 2 aromatic carbocycles. The van der Waals surface area contributed by atoms with Crippen LogP contribution in [0, 0.1) is 5.82 Å². The van der Waals surface area contributed by atoms with Crippen LogP contribution in [0.4, 0.5) is 4.39 Å². The molecule has 0 bridgehead atoms. The quantitative estimate of drug-likeness (QED) is 0.877. The van der Waals surface area contributed by atoms with E-state index in [0.29, 0.717) is 5.75 Å². The second-order valence-electron chi connectivity index (χ2n) is 4.23. The van der Waals surface area contributed by atoms with E-state index in [1.807, 2.05) is 25.1 Å². The molecule has 0 aliphatic rings. The average molecular weight is 324 g/mol. The van der Waals surface area contributed by atoms with Crippen molar-refractivity contribution >= 4 is 15.9 Å². The first-order chi connectivity index (χ1) is 9.11. The van der Waals surface area contributed by atoms with E-state index in [1.54, 1.807) is 18.2 Å². The largest absolute Gasteiger partial charge is 0.454 e. The van der Waals surface area contributed by atoms with E-state index >= 15 is 0 Å². The summed E-state index contributed by atoms with van der Waals surface area (Å²) in [5.41, 5.74) is 6.91. The maximum Gasteiger partial charge on any atom is 0.165 e. The Hall–Kier alpha value is -1.39. The van der Waals surface area contributed by atoms with E-state index in [1.165, 1.54) is 6.07 Å². The summed E-state index contributed by atoms with van der Waals surface area (Å²) in [5.74, 6) is 0.377.